The molecule has 0 spiro atoms. The zero-order valence-corrected chi connectivity index (χ0v) is 18.6. The quantitative estimate of drug-likeness (QED) is 0.404. The summed E-state index contributed by atoms with van der Waals surface area (Å²) >= 11 is 0. The lowest BCUT2D eigenvalue weighted by atomic mass is 10.1. The number of nitrogens with zero attached hydrogens (tertiary/aromatic N) is 2. The highest BCUT2D eigenvalue weighted by Crippen LogP contribution is 2.21. The van der Waals surface area contributed by atoms with E-state index in [-0.39, 0.29) is 30.9 Å². The van der Waals surface area contributed by atoms with Gasteiger partial charge in [0.05, 0.1) is 30.9 Å². The van der Waals surface area contributed by atoms with Crippen LogP contribution in [0.3, 0.4) is 0 Å². The van der Waals surface area contributed by atoms with Crippen LogP contribution in [0.15, 0.2) is 48.5 Å². The molecule has 3 N–H and O–H groups in total. The molecule has 2 aromatic carbocycles. The van der Waals surface area contributed by atoms with E-state index in [0.29, 0.717) is 29.8 Å². The third-order valence-corrected chi connectivity index (χ3v) is 4.39. The predicted molar refractivity (Wildman–Crippen MR) is 122 cm³/mol. The number of β-amino-alcohol motifs (C(OH)–C–C–N with tert-alkyl or cyclic N) is 1. The Kier molecular flexibility index (Phi) is 11.4. The van der Waals surface area contributed by atoms with E-state index in [0.717, 1.165) is 10.5 Å². The van der Waals surface area contributed by atoms with Gasteiger partial charge in [-0.05, 0) is 36.4 Å². The number of hydrogen-bond acceptors (Lipinski definition) is 6. The van der Waals surface area contributed by atoms with Crippen molar-refractivity contribution >= 4 is 17.7 Å². The van der Waals surface area contributed by atoms with Crippen LogP contribution in [0, 0.1) is 12.3 Å². The largest absolute Gasteiger partial charge is 0.395 e. The SMILES string of the molecule is C#Cc1ccc(C(=O)N(C)CCON)cc1.CC.O=C1c2ccccc2C(=O)N1CCO. The minimum absolute atomic E-state index is 0.0619. The van der Waals surface area contributed by atoms with Crippen molar-refractivity contribution in [3.63, 3.8) is 0 Å². The number of fused-ring (bicyclic) bond motifs is 1. The second-order valence-electron chi connectivity index (χ2n) is 6.35. The summed E-state index contributed by atoms with van der Waals surface area (Å²) in [5.74, 6) is 6.67. The highest BCUT2D eigenvalue weighted by Gasteiger charge is 2.34. The van der Waals surface area contributed by atoms with Crippen LogP contribution in [0.5, 0.6) is 0 Å². The van der Waals surface area contributed by atoms with Crippen LogP contribution in [-0.4, -0.2) is 66.0 Å². The average Bonchev–Trinajstić information content (AvgIpc) is 3.09. The Hall–Kier alpha value is -3.51. The lowest BCUT2D eigenvalue weighted by molar-refractivity contribution is 0.0623. The molecule has 0 saturated heterocycles. The van der Waals surface area contributed by atoms with Crippen LogP contribution in [0.1, 0.15) is 50.5 Å². The average molecular weight is 440 g/mol. The summed E-state index contributed by atoms with van der Waals surface area (Å²) in [6.07, 6.45) is 5.23. The summed E-state index contributed by atoms with van der Waals surface area (Å²) in [5, 5.41) is 8.70. The van der Waals surface area contributed by atoms with Gasteiger partial charge >= 0.3 is 0 Å². The fourth-order valence-electron chi connectivity index (χ4n) is 2.76. The monoisotopic (exact) mass is 439 g/mol. The zero-order valence-electron chi connectivity index (χ0n) is 18.6. The molecule has 1 aliphatic rings. The number of rotatable bonds is 6. The molecule has 0 aliphatic carbocycles. The second-order valence-corrected chi connectivity index (χ2v) is 6.35. The number of carbonyl (C=O) groups is 3. The minimum atomic E-state index is -0.320. The molecule has 0 aromatic heterocycles. The number of aliphatic hydroxyl groups is 1. The summed E-state index contributed by atoms with van der Waals surface area (Å²) in [5.41, 5.74) is 2.19. The molecule has 0 saturated carbocycles. The minimum Gasteiger partial charge on any atom is -0.395 e. The first-order chi connectivity index (χ1) is 15.4. The topological polar surface area (TPSA) is 113 Å². The van der Waals surface area contributed by atoms with Gasteiger partial charge in [0.15, 0.2) is 0 Å². The Balaban J connectivity index is 0.000000299. The number of benzene rings is 2. The van der Waals surface area contributed by atoms with Gasteiger partial charge in [-0.1, -0.05) is 31.9 Å². The van der Waals surface area contributed by atoms with E-state index in [1.807, 2.05) is 13.8 Å². The first kappa shape index (κ1) is 26.5. The number of aliphatic hydroxyl groups excluding tert-OH is 1. The van der Waals surface area contributed by atoms with E-state index < -0.39 is 0 Å². The van der Waals surface area contributed by atoms with Crippen LogP contribution >= 0.6 is 0 Å². The zero-order chi connectivity index (χ0) is 24.1. The molecule has 2 aromatic rings. The second kappa shape index (κ2) is 13.7. The third-order valence-electron chi connectivity index (χ3n) is 4.39. The molecule has 8 heteroatoms. The van der Waals surface area contributed by atoms with Crippen molar-refractivity contribution in [2.24, 2.45) is 5.90 Å². The Morgan fingerprint density at radius 3 is 2.06 bits per heavy atom. The van der Waals surface area contributed by atoms with Gasteiger partial charge < -0.3 is 14.8 Å². The first-order valence-corrected chi connectivity index (χ1v) is 10.1. The number of terminal acetylenes is 1. The van der Waals surface area contributed by atoms with E-state index in [4.69, 9.17) is 17.4 Å². The lowest BCUT2D eigenvalue weighted by Crippen LogP contribution is -2.32. The fourth-order valence-corrected chi connectivity index (χ4v) is 2.76. The van der Waals surface area contributed by atoms with Gasteiger partial charge in [0.25, 0.3) is 17.7 Å². The molecule has 0 bridgehead atoms. The predicted octanol–water partition coefficient (Wildman–Crippen LogP) is 1.93. The molecule has 1 heterocycles. The van der Waals surface area contributed by atoms with E-state index in [9.17, 15) is 14.4 Å². The summed E-state index contributed by atoms with van der Waals surface area (Å²) in [7, 11) is 1.69. The summed E-state index contributed by atoms with van der Waals surface area (Å²) < 4.78 is 0. The number of carbonyl (C=O) groups excluding carboxylic acids is 3. The van der Waals surface area contributed by atoms with Crippen LogP contribution in [0.25, 0.3) is 0 Å². The maximum Gasteiger partial charge on any atom is 0.261 e. The van der Waals surface area contributed by atoms with Crippen LogP contribution in [0.2, 0.25) is 0 Å². The number of likely N-dealkylation sites (N-methyl/N-ethyl adjacent to an activating group) is 1. The van der Waals surface area contributed by atoms with Gasteiger partial charge in [-0.15, -0.1) is 6.42 Å². The van der Waals surface area contributed by atoms with E-state index >= 15 is 0 Å². The highest BCUT2D eigenvalue weighted by atomic mass is 16.6. The standard InChI is InChI=1S/C12H14N2O2.C10H9NO3.C2H6/c1-3-10-4-6-11(7-5-10)12(15)14(2)8-9-16-13;12-6-5-11-9(13)7-3-1-2-4-8(7)10(11)14;1-2/h1,4-7H,8-9,13H2,2H3;1-4,12H,5-6H2;1-2H3. The van der Waals surface area contributed by atoms with E-state index in [2.05, 4.69) is 10.8 Å². The van der Waals surface area contributed by atoms with Crippen molar-refractivity contribution in [3.05, 3.63) is 70.8 Å². The van der Waals surface area contributed by atoms with Gasteiger partial charge in [0, 0.05) is 24.7 Å². The summed E-state index contributed by atoms with van der Waals surface area (Å²) in [6, 6.07) is 13.6. The highest BCUT2D eigenvalue weighted by molar-refractivity contribution is 6.21. The molecule has 8 nitrogen and oxygen atoms in total. The summed E-state index contributed by atoms with van der Waals surface area (Å²) in [4.78, 5) is 42.0. The molecule has 0 radical (unpaired) electrons. The molecule has 32 heavy (non-hydrogen) atoms. The van der Waals surface area contributed by atoms with Crippen molar-refractivity contribution in [2.75, 3.05) is 33.4 Å². The molecule has 170 valence electrons. The molecule has 1 aliphatic heterocycles. The molecule has 3 rings (SSSR count). The smallest absolute Gasteiger partial charge is 0.261 e. The molecule has 0 atom stereocenters. The Bertz CT molecular complexity index is 916. The first-order valence-electron chi connectivity index (χ1n) is 10.1. The number of hydrogen-bond donors (Lipinski definition) is 2. The van der Waals surface area contributed by atoms with Crippen molar-refractivity contribution in [1.82, 2.24) is 9.80 Å². The van der Waals surface area contributed by atoms with Crippen LogP contribution in [-0.2, 0) is 4.84 Å². The molecule has 0 unspecified atom stereocenters. The maximum atomic E-state index is 11.8. The third kappa shape index (κ3) is 6.75. The van der Waals surface area contributed by atoms with Gasteiger partial charge in [0.2, 0.25) is 0 Å². The Morgan fingerprint density at radius 1 is 1.09 bits per heavy atom. The van der Waals surface area contributed by atoms with Crippen molar-refractivity contribution in [1.29, 1.82) is 0 Å². The van der Waals surface area contributed by atoms with E-state index in [1.54, 1.807) is 55.6 Å². The van der Waals surface area contributed by atoms with Crippen molar-refractivity contribution in [2.45, 2.75) is 13.8 Å². The molecule has 0 fully saturated rings. The van der Waals surface area contributed by atoms with Crippen LogP contribution < -0.4 is 5.90 Å². The fraction of sp³-hybridized carbons (Fsp3) is 0.292. The Labute approximate surface area is 188 Å². The number of amides is 3. The molecule has 3 amide bonds. The summed E-state index contributed by atoms with van der Waals surface area (Å²) in [6.45, 7) is 4.62. The van der Waals surface area contributed by atoms with Crippen LogP contribution in [0.4, 0.5) is 0 Å². The van der Waals surface area contributed by atoms with Crippen molar-refractivity contribution in [3.8, 4) is 12.3 Å². The number of nitrogens with two attached hydrogens (primary N) is 1. The van der Waals surface area contributed by atoms with E-state index in [1.165, 1.54) is 4.90 Å². The maximum absolute atomic E-state index is 11.8. The normalized spacial score (nSPS) is 11.4. The number of imide groups is 1. The van der Waals surface area contributed by atoms with Gasteiger partial charge in [-0.3, -0.25) is 19.3 Å². The van der Waals surface area contributed by atoms with Gasteiger partial charge in [-0.2, -0.15) is 0 Å². The lowest BCUT2D eigenvalue weighted by Gasteiger charge is -2.16. The Morgan fingerprint density at radius 2 is 1.62 bits per heavy atom. The molecular formula is C24H29N3O5. The molecular weight excluding hydrogens is 410 g/mol. The van der Waals surface area contributed by atoms with Gasteiger partial charge in [0.1, 0.15) is 0 Å². The van der Waals surface area contributed by atoms with Gasteiger partial charge in [-0.25, -0.2) is 5.90 Å². The van der Waals surface area contributed by atoms with Crippen molar-refractivity contribution < 1.29 is 24.3 Å².